The van der Waals surface area contributed by atoms with E-state index in [2.05, 4.69) is 10.1 Å². The highest BCUT2D eigenvalue weighted by Crippen LogP contribution is 2.31. The summed E-state index contributed by atoms with van der Waals surface area (Å²) in [6.45, 7) is 0. The monoisotopic (exact) mass is 229 g/mol. The minimum atomic E-state index is 0.297. The summed E-state index contributed by atoms with van der Waals surface area (Å²) < 4.78 is 10.2. The van der Waals surface area contributed by atoms with Gasteiger partial charge in [0.05, 0.1) is 7.11 Å². The Labute approximate surface area is 97.2 Å². The smallest absolute Gasteiger partial charge is 0.222 e. The molecule has 0 bridgehead atoms. The summed E-state index contributed by atoms with van der Waals surface area (Å²) in [4.78, 5) is 3.14. The number of hydrogen-bond acceptors (Lipinski definition) is 4. The Kier molecular flexibility index (Phi) is 2.04. The van der Waals surface area contributed by atoms with E-state index in [0.29, 0.717) is 11.6 Å². The second kappa shape index (κ2) is 3.55. The minimum Gasteiger partial charge on any atom is -0.496 e. The second-order valence-electron chi connectivity index (χ2n) is 3.73. The average molecular weight is 229 g/mol. The number of nitrogen functional groups attached to an aromatic ring is 1. The van der Waals surface area contributed by atoms with Crippen molar-refractivity contribution in [3.05, 3.63) is 30.5 Å². The molecule has 86 valence electrons. The molecule has 0 saturated heterocycles. The van der Waals surface area contributed by atoms with Crippen molar-refractivity contribution in [1.29, 1.82) is 0 Å². The van der Waals surface area contributed by atoms with Crippen LogP contribution in [0, 0.1) is 0 Å². The molecule has 0 aliphatic heterocycles. The summed E-state index contributed by atoms with van der Waals surface area (Å²) in [5.74, 6) is 1.09. The first kappa shape index (κ1) is 9.77. The Hall–Kier alpha value is -2.43. The summed E-state index contributed by atoms with van der Waals surface area (Å²) in [5, 5.41) is 4.92. The first-order valence-electron chi connectivity index (χ1n) is 5.15. The van der Waals surface area contributed by atoms with E-state index in [-0.39, 0.29) is 0 Å². The van der Waals surface area contributed by atoms with Gasteiger partial charge in [-0.2, -0.15) is 0 Å². The van der Waals surface area contributed by atoms with Gasteiger partial charge in [0.2, 0.25) is 5.88 Å². The second-order valence-corrected chi connectivity index (χ2v) is 3.73. The van der Waals surface area contributed by atoms with Gasteiger partial charge in [-0.05, 0) is 18.2 Å². The largest absolute Gasteiger partial charge is 0.496 e. The van der Waals surface area contributed by atoms with E-state index in [1.54, 1.807) is 13.2 Å². The summed E-state index contributed by atoms with van der Waals surface area (Å²) in [6.07, 6.45) is 1.87. The van der Waals surface area contributed by atoms with Crippen LogP contribution in [0.5, 0.6) is 5.75 Å². The van der Waals surface area contributed by atoms with E-state index in [1.807, 2.05) is 24.4 Å². The van der Waals surface area contributed by atoms with Crippen LogP contribution in [-0.2, 0) is 0 Å². The summed E-state index contributed by atoms with van der Waals surface area (Å²) >= 11 is 0. The molecule has 0 amide bonds. The normalized spacial score (nSPS) is 10.9. The molecular formula is C12H11N3O2. The molecule has 0 fully saturated rings. The lowest BCUT2D eigenvalue weighted by Gasteiger charge is -2.04. The fourth-order valence-corrected chi connectivity index (χ4v) is 1.87. The third-order valence-corrected chi connectivity index (χ3v) is 2.67. The Morgan fingerprint density at radius 2 is 2.24 bits per heavy atom. The van der Waals surface area contributed by atoms with Gasteiger partial charge >= 0.3 is 0 Å². The Morgan fingerprint density at radius 1 is 1.35 bits per heavy atom. The highest BCUT2D eigenvalue weighted by Gasteiger charge is 2.10. The number of benzene rings is 1. The van der Waals surface area contributed by atoms with Gasteiger partial charge in [0.1, 0.15) is 11.4 Å². The standard InChI is InChI=1S/C12H11N3O2/c1-16-11-5-7(9-6-12(13)17-15-9)4-10-8(11)2-3-14-10/h2-6,14H,13H2,1H3. The van der Waals surface area contributed by atoms with E-state index < -0.39 is 0 Å². The SMILES string of the molecule is COc1cc(-c2cc(N)on2)cc2[nH]ccc12. The van der Waals surface area contributed by atoms with E-state index in [0.717, 1.165) is 22.2 Å². The minimum absolute atomic E-state index is 0.297. The number of rotatable bonds is 2. The van der Waals surface area contributed by atoms with Crippen LogP contribution in [0.25, 0.3) is 22.2 Å². The molecule has 3 N–H and O–H groups in total. The average Bonchev–Trinajstić information content (AvgIpc) is 2.95. The maximum atomic E-state index is 5.51. The van der Waals surface area contributed by atoms with Crippen molar-refractivity contribution in [2.24, 2.45) is 0 Å². The number of ether oxygens (including phenoxy) is 1. The van der Waals surface area contributed by atoms with Crippen molar-refractivity contribution in [2.75, 3.05) is 12.8 Å². The molecule has 0 aliphatic carbocycles. The molecule has 17 heavy (non-hydrogen) atoms. The van der Waals surface area contributed by atoms with Crippen LogP contribution < -0.4 is 10.5 Å². The van der Waals surface area contributed by atoms with Crippen LogP contribution in [0.1, 0.15) is 0 Å². The number of nitrogens with zero attached hydrogens (tertiary/aromatic N) is 1. The zero-order valence-corrected chi connectivity index (χ0v) is 9.23. The van der Waals surface area contributed by atoms with Crippen LogP contribution in [0.4, 0.5) is 5.88 Å². The predicted molar refractivity (Wildman–Crippen MR) is 64.8 cm³/mol. The Morgan fingerprint density at radius 3 is 2.94 bits per heavy atom. The summed E-state index contributed by atoms with van der Waals surface area (Å²) in [6, 6.07) is 7.54. The van der Waals surface area contributed by atoms with Gasteiger partial charge in [0.25, 0.3) is 0 Å². The van der Waals surface area contributed by atoms with Gasteiger partial charge in [-0.3, -0.25) is 0 Å². The molecule has 3 aromatic rings. The fraction of sp³-hybridized carbons (Fsp3) is 0.0833. The molecule has 0 spiro atoms. The molecule has 0 radical (unpaired) electrons. The van der Waals surface area contributed by atoms with Crippen molar-refractivity contribution < 1.29 is 9.26 Å². The van der Waals surface area contributed by atoms with E-state index in [1.165, 1.54) is 0 Å². The fourth-order valence-electron chi connectivity index (χ4n) is 1.87. The lowest BCUT2D eigenvalue weighted by Crippen LogP contribution is -1.86. The molecule has 5 nitrogen and oxygen atoms in total. The Bertz CT molecular complexity index is 669. The number of nitrogens with one attached hydrogen (secondary N) is 1. The number of nitrogens with two attached hydrogens (primary N) is 1. The molecule has 5 heteroatoms. The first-order valence-corrected chi connectivity index (χ1v) is 5.15. The van der Waals surface area contributed by atoms with Gasteiger partial charge in [0.15, 0.2) is 0 Å². The van der Waals surface area contributed by atoms with Crippen LogP contribution in [0.15, 0.2) is 35.0 Å². The van der Waals surface area contributed by atoms with E-state index in [4.69, 9.17) is 15.0 Å². The highest BCUT2D eigenvalue weighted by atomic mass is 16.5. The number of fused-ring (bicyclic) bond motifs is 1. The molecule has 2 heterocycles. The summed E-state index contributed by atoms with van der Waals surface area (Å²) in [5.41, 5.74) is 8.09. The lowest BCUT2D eigenvalue weighted by molar-refractivity contribution is 0.420. The number of H-pyrrole nitrogens is 1. The first-order chi connectivity index (χ1) is 8.28. The van der Waals surface area contributed by atoms with Crippen LogP contribution >= 0.6 is 0 Å². The number of anilines is 1. The zero-order valence-electron chi connectivity index (χ0n) is 9.23. The van der Waals surface area contributed by atoms with Crippen molar-refractivity contribution >= 4 is 16.8 Å². The molecule has 0 aliphatic rings. The van der Waals surface area contributed by atoms with Crippen molar-refractivity contribution in [3.8, 4) is 17.0 Å². The molecule has 1 aromatic carbocycles. The summed E-state index contributed by atoms with van der Waals surface area (Å²) in [7, 11) is 1.64. The maximum Gasteiger partial charge on any atom is 0.222 e. The van der Waals surface area contributed by atoms with Crippen LogP contribution in [-0.4, -0.2) is 17.3 Å². The highest BCUT2D eigenvalue weighted by molar-refractivity contribution is 5.90. The molecular weight excluding hydrogens is 218 g/mol. The lowest BCUT2D eigenvalue weighted by atomic mass is 10.1. The number of aromatic amines is 1. The number of methoxy groups -OCH3 is 1. The van der Waals surface area contributed by atoms with Gasteiger partial charge in [-0.1, -0.05) is 5.16 Å². The number of aromatic nitrogens is 2. The van der Waals surface area contributed by atoms with Crippen molar-refractivity contribution in [2.45, 2.75) is 0 Å². The van der Waals surface area contributed by atoms with Crippen molar-refractivity contribution in [1.82, 2.24) is 10.1 Å². The third-order valence-electron chi connectivity index (χ3n) is 2.67. The van der Waals surface area contributed by atoms with E-state index in [9.17, 15) is 0 Å². The van der Waals surface area contributed by atoms with Gasteiger partial charge in [0, 0.05) is 28.7 Å². The van der Waals surface area contributed by atoms with Crippen LogP contribution in [0.3, 0.4) is 0 Å². The molecule has 0 unspecified atom stereocenters. The molecule has 2 aromatic heterocycles. The molecule has 0 atom stereocenters. The number of hydrogen-bond donors (Lipinski definition) is 2. The molecule has 3 rings (SSSR count). The molecule has 0 saturated carbocycles. The van der Waals surface area contributed by atoms with E-state index >= 15 is 0 Å². The van der Waals surface area contributed by atoms with Gasteiger partial charge in [-0.25, -0.2) is 0 Å². The maximum absolute atomic E-state index is 5.51. The van der Waals surface area contributed by atoms with Crippen LogP contribution in [0.2, 0.25) is 0 Å². The van der Waals surface area contributed by atoms with Crippen molar-refractivity contribution in [3.63, 3.8) is 0 Å². The quantitative estimate of drug-likeness (QED) is 0.707. The van der Waals surface area contributed by atoms with Gasteiger partial charge in [-0.15, -0.1) is 0 Å². The topological polar surface area (TPSA) is 77.1 Å². The zero-order chi connectivity index (χ0) is 11.8. The Balaban J connectivity index is 2.23. The van der Waals surface area contributed by atoms with Gasteiger partial charge < -0.3 is 20.0 Å². The predicted octanol–water partition coefficient (Wildman–Crippen LogP) is 2.41. The third kappa shape index (κ3) is 1.52.